The van der Waals surface area contributed by atoms with E-state index in [1.54, 1.807) is 39.0 Å². The average Bonchev–Trinajstić information content (AvgIpc) is 2.35. The van der Waals surface area contributed by atoms with E-state index in [0.29, 0.717) is 12.0 Å². The molecule has 0 radical (unpaired) electrons. The van der Waals surface area contributed by atoms with E-state index in [1.807, 2.05) is 12.1 Å². The number of carboxylic acid groups (broad SMARTS) is 1. The summed E-state index contributed by atoms with van der Waals surface area (Å²) in [6.07, 6.45) is 1.71. The minimum Gasteiger partial charge on any atom is -0.479 e. The molecule has 0 saturated heterocycles. The number of hydrogen-bond donors (Lipinski definition) is 2. The van der Waals surface area contributed by atoms with Gasteiger partial charge in [-0.1, -0.05) is 30.3 Å². The van der Waals surface area contributed by atoms with Gasteiger partial charge in [-0.2, -0.15) is 0 Å². The molecule has 1 amide bonds. The Hall–Kier alpha value is -2.30. The first-order valence-corrected chi connectivity index (χ1v) is 6.65. The van der Waals surface area contributed by atoms with Crippen LogP contribution < -0.4 is 5.32 Å². The van der Waals surface area contributed by atoms with E-state index in [4.69, 9.17) is 4.74 Å². The summed E-state index contributed by atoms with van der Waals surface area (Å²) in [7, 11) is 0. The molecule has 1 aromatic carbocycles. The summed E-state index contributed by atoms with van der Waals surface area (Å²) in [6.45, 7) is 8.79. The zero-order valence-electron chi connectivity index (χ0n) is 12.6. The molecule has 0 bridgehead atoms. The van der Waals surface area contributed by atoms with Crippen LogP contribution in [0.4, 0.5) is 4.79 Å². The van der Waals surface area contributed by atoms with Gasteiger partial charge < -0.3 is 15.2 Å². The van der Waals surface area contributed by atoms with Crippen molar-refractivity contribution in [2.75, 3.05) is 0 Å². The van der Waals surface area contributed by atoms with Gasteiger partial charge in [0.15, 0.2) is 6.04 Å². The predicted molar refractivity (Wildman–Crippen MR) is 80.1 cm³/mol. The van der Waals surface area contributed by atoms with Gasteiger partial charge in [-0.05, 0) is 38.3 Å². The Balaban J connectivity index is 2.84. The Bertz CT molecular complexity index is 514. The summed E-state index contributed by atoms with van der Waals surface area (Å²) in [5.41, 5.74) is 0.831. The van der Waals surface area contributed by atoms with E-state index in [2.05, 4.69) is 11.9 Å². The highest BCUT2D eigenvalue weighted by atomic mass is 16.6. The lowest BCUT2D eigenvalue weighted by Crippen LogP contribution is -2.38. The minimum absolute atomic E-state index is 0.487. The van der Waals surface area contributed by atoms with E-state index in [0.717, 1.165) is 5.56 Å². The molecular formula is C16H21NO4. The van der Waals surface area contributed by atoms with Gasteiger partial charge in [0, 0.05) is 0 Å². The molecule has 0 heterocycles. The standard InChI is InChI=1S/C16H21NO4/c1-5-6-11-7-9-12(10-8-11)13(14(18)19)17-15(20)21-16(2,3)4/h5,7-10,13H,1,6H2,2-4H3,(H,17,20)(H,18,19). The van der Waals surface area contributed by atoms with Crippen molar-refractivity contribution in [3.63, 3.8) is 0 Å². The first kappa shape index (κ1) is 16.8. The molecular weight excluding hydrogens is 270 g/mol. The van der Waals surface area contributed by atoms with Gasteiger partial charge in [0.2, 0.25) is 0 Å². The van der Waals surface area contributed by atoms with Crippen molar-refractivity contribution in [2.45, 2.75) is 38.8 Å². The third kappa shape index (κ3) is 5.69. The maximum Gasteiger partial charge on any atom is 0.408 e. The number of carbonyl (C=O) groups excluding carboxylic acids is 1. The molecule has 0 saturated carbocycles. The zero-order chi connectivity index (χ0) is 16.0. The van der Waals surface area contributed by atoms with Gasteiger partial charge in [-0.25, -0.2) is 9.59 Å². The highest BCUT2D eigenvalue weighted by Crippen LogP contribution is 2.16. The van der Waals surface area contributed by atoms with Crippen LogP contribution in [0.1, 0.15) is 37.9 Å². The first-order valence-electron chi connectivity index (χ1n) is 6.65. The van der Waals surface area contributed by atoms with Crippen molar-refractivity contribution in [3.8, 4) is 0 Å². The van der Waals surface area contributed by atoms with Gasteiger partial charge >= 0.3 is 12.1 Å². The Morgan fingerprint density at radius 1 is 1.33 bits per heavy atom. The second-order valence-corrected chi connectivity index (χ2v) is 5.65. The molecule has 1 unspecified atom stereocenters. The van der Waals surface area contributed by atoms with Crippen LogP contribution in [0.2, 0.25) is 0 Å². The van der Waals surface area contributed by atoms with Crippen LogP contribution in [0.25, 0.3) is 0 Å². The number of allylic oxidation sites excluding steroid dienone is 1. The van der Waals surface area contributed by atoms with Crippen molar-refractivity contribution in [2.24, 2.45) is 0 Å². The fraction of sp³-hybridized carbons (Fsp3) is 0.375. The number of rotatable bonds is 5. The van der Waals surface area contributed by atoms with Crippen LogP contribution in [0.5, 0.6) is 0 Å². The molecule has 1 atom stereocenters. The number of hydrogen-bond acceptors (Lipinski definition) is 3. The molecule has 1 aromatic rings. The summed E-state index contributed by atoms with van der Waals surface area (Å²) >= 11 is 0. The highest BCUT2D eigenvalue weighted by molar-refractivity contribution is 5.81. The van der Waals surface area contributed by atoms with Gasteiger partial charge in [0.1, 0.15) is 5.60 Å². The minimum atomic E-state index is -1.14. The summed E-state index contributed by atoms with van der Waals surface area (Å²) < 4.78 is 5.08. The highest BCUT2D eigenvalue weighted by Gasteiger charge is 2.25. The number of carbonyl (C=O) groups is 2. The summed E-state index contributed by atoms with van der Waals surface area (Å²) in [5.74, 6) is -1.14. The number of ether oxygens (including phenoxy) is 1. The second kappa shape index (κ2) is 6.92. The maximum atomic E-state index is 11.7. The van der Waals surface area contributed by atoms with Crippen LogP contribution in [-0.4, -0.2) is 22.8 Å². The largest absolute Gasteiger partial charge is 0.479 e. The molecule has 0 spiro atoms. The molecule has 0 aliphatic heterocycles. The summed E-state index contributed by atoms with van der Waals surface area (Å²) in [5, 5.41) is 11.6. The second-order valence-electron chi connectivity index (χ2n) is 5.65. The van der Waals surface area contributed by atoms with Gasteiger partial charge in [-0.3, -0.25) is 0 Å². The SMILES string of the molecule is C=CCc1ccc(C(NC(=O)OC(C)(C)C)C(=O)O)cc1. The lowest BCUT2D eigenvalue weighted by atomic mass is 10.0. The van der Waals surface area contributed by atoms with Crippen LogP contribution in [0, 0.1) is 0 Å². The lowest BCUT2D eigenvalue weighted by molar-refractivity contribution is -0.139. The molecule has 0 aliphatic rings. The van der Waals surface area contributed by atoms with Crippen molar-refractivity contribution >= 4 is 12.1 Å². The van der Waals surface area contributed by atoms with Gasteiger partial charge in [0.05, 0.1) is 0 Å². The van der Waals surface area contributed by atoms with E-state index >= 15 is 0 Å². The zero-order valence-corrected chi connectivity index (χ0v) is 12.6. The molecule has 0 fully saturated rings. The normalized spacial score (nSPS) is 12.3. The molecule has 5 nitrogen and oxygen atoms in total. The van der Waals surface area contributed by atoms with Crippen molar-refractivity contribution in [3.05, 3.63) is 48.0 Å². The number of nitrogens with one attached hydrogen (secondary N) is 1. The molecule has 2 N–H and O–H groups in total. The third-order valence-corrected chi connectivity index (χ3v) is 2.60. The van der Waals surface area contributed by atoms with Gasteiger partial charge in [-0.15, -0.1) is 6.58 Å². The summed E-state index contributed by atoms with van der Waals surface area (Å²) in [6, 6.07) is 5.83. The van der Waals surface area contributed by atoms with Crippen LogP contribution in [0.15, 0.2) is 36.9 Å². The Labute approximate surface area is 124 Å². The molecule has 21 heavy (non-hydrogen) atoms. The topological polar surface area (TPSA) is 75.6 Å². The number of carboxylic acids is 1. The number of benzene rings is 1. The molecule has 0 aromatic heterocycles. The van der Waals surface area contributed by atoms with Crippen molar-refractivity contribution in [1.82, 2.24) is 5.32 Å². The third-order valence-electron chi connectivity index (χ3n) is 2.60. The number of alkyl carbamates (subject to hydrolysis) is 1. The molecule has 0 aliphatic carbocycles. The Kier molecular flexibility index (Phi) is 5.52. The quantitative estimate of drug-likeness (QED) is 0.817. The maximum absolute atomic E-state index is 11.7. The van der Waals surface area contributed by atoms with Gasteiger partial charge in [0.25, 0.3) is 0 Å². The van der Waals surface area contributed by atoms with E-state index < -0.39 is 23.7 Å². The molecule has 114 valence electrons. The number of amides is 1. The summed E-state index contributed by atoms with van der Waals surface area (Å²) in [4.78, 5) is 23.0. The monoisotopic (exact) mass is 291 g/mol. The Morgan fingerprint density at radius 3 is 2.33 bits per heavy atom. The van der Waals surface area contributed by atoms with Crippen LogP contribution >= 0.6 is 0 Å². The van der Waals surface area contributed by atoms with Crippen molar-refractivity contribution < 1.29 is 19.4 Å². The van der Waals surface area contributed by atoms with Crippen molar-refractivity contribution in [1.29, 1.82) is 0 Å². The average molecular weight is 291 g/mol. The Morgan fingerprint density at radius 2 is 1.90 bits per heavy atom. The number of aliphatic carboxylic acids is 1. The van der Waals surface area contributed by atoms with E-state index in [9.17, 15) is 14.7 Å². The smallest absolute Gasteiger partial charge is 0.408 e. The van der Waals surface area contributed by atoms with Crippen LogP contribution in [-0.2, 0) is 16.0 Å². The predicted octanol–water partition coefficient (Wildman–Crippen LogP) is 3.07. The first-order chi connectivity index (χ1) is 9.73. The lowest BCUT2D eigenvalue weighted by Gasteiger charge is -2.22. The van der Waals surface area contributed by atoms with E-state index in [1.165, 1.54) is 0 Å². The van der Waals surface area contributed by atoms with Crippen LogP contribution in [0.3, 0.4) is 0 Å². The van der Waals surface area contributed by atoms with E-state index in [-0.39, 0.29) is 0 Å². The fourth-order valence-corrected chi connectivity index (χ4v) is 1.73. The fourth-order valence-electron chi connectivity index (χ4n) is 1.73. The molecule has 5 heteroatoms. The molecule has 1 rings (SSSR count).